The lowest BCUT2D eigenvalue weighted by atomic mass is 10.0. The summed E-state index contributed by atoms with van der Waals surface area (Å²) in [6.45, 7) is 2.58. The summed E-state index contributed by atoms with van der Waals surface area (Å²) in [5.74, 6) is -1.88. The van der Waals surface area contributed by atoms with E-state index in [-0.39, 0.29) is 12.0 Å². The van der Waals surface area contributed by atoms with Crippen LogP contribution in [-0.2, 0) is 22.2 Å². The average Bonchev–Trinajstić information content (AvgIpc) is 2.26. The molecule has 0 aliphatic heterocycles. The van der Waals surface area contributed by atoms with Gasteiger partial charge in [-0.2, -0.15) is 13.2 Å². The van der Waals surface area contributed by atoms with Crippen LogP contribution in [0.2, 0.25) is 0 Å². The van der Waals surface area contributed by atoms with Crippen molar-refractivity contribution < 1.29 is 27.9 Å². The zero-order valence-electron chi connectivity index (χ0n) is 10.9. The molecule has 0 aliphatic rings. The van der Waals surface area contributed by atoms with Gasteiger partial charge in [-0.05, 0) is 25.5 Å². The summed E-state index contributed by atoms with van der Waals surface area (Å²) >= 11 is 0. The van der Waals surface area contributed by atoms with Crippen LogP contribution in [0, 0.1) is 0 Å². The molecule has 0 spiro atoms. The number of carbonyl (C=O) groups excluding carboxylic acids is 1. The molecule has 7 heteroatoms. The van der Waals surface area contributed by atoms with Gasteiger partial charge in [0.2, 0.25) is 5.91 Å². The maximum atomic E-state index is 12.5. The molecule has 0 fully saturated rings. The van der Waals surface area contributed by atoms with Crippen molar-refractivity contribution >= 4 is 11.9 Å². The number of carboxylic acid groups (broad SMARTS) is 1. The number of aliphatic carboxylic acids is 1. The van der Waals surface area contributed by atoms with E-state index < -0.39 is 29.2 Å². The maximum Gasteiger partial charge on any atom is 0.416 e. The Labute approximate surface area is 113 Å². The van der Waals surface area contributed by atoms with Crippen molar-refractivity contribution in [2.75, 3.05) is 0 Å². The third kappa shape index (κ3) is 4.25. The molecule has 0 heterocycles. The lowest BCUT2D eigenvalue weighted by Crippen LogP contribution is -2.50. The first kappa shape index (κ1) is 16.0. The van der Waals surface area contributed by atoms with Crippen molar-refractivity contribution in [1.29, 1.82) is 0 Å². The highest BCUT2D eigenvalue weighted by Crippen LogP contribution is 2.29. The maximum absolute atomic E-state index is 12.5. The SMILES string of the molecule is CC(C)(NC(=O)Cc1cccc(C(F)(F)F)c1)C(=O)O. The van der Waals surface area contributed by atoms with Crippen molar-refractivity contribution in [1.82, 2.24) is 5.32 Å². The lowest BCUT2D eigenvalue weighted by molar-refractivity contribution is -0.145. The summed E-state index contributed by atoms with van der Waals surface area (Å²) in [6, 6.07) is 4.35. The minimum atomic E-state index is -4.48. The molecule has 0 saturated carbocycles. The Morgan fingerprint density at radius 3 is 2.35 bits per heavy atom. The Hall–Kier alpha value is -2.05. The van der Waals surface area contributed by atoms with Gasteiger partial charge in [0, 0.05) is 0 Å². The van der Waals surface area contributed by atoms with Crippen molar-refractivity contribution in [3.05, 3.63) is 35.4 Å². The zero-order valence-corrected chi connectivity index (χ0v) is 10.9. The van der Waals surface area contributed by atoms with Crippen LogP contribution in [0.1, 0.15) is 25.0 Å². The Morgan fingerprint density at radius 2 is 1.85 bits per heavy atom. The van der Waals surface area contributed by atoms with Gasteiger partial charge in [-0.1, -0.05) is 18.2 Å². The first-order valence-electron chi connectivity index (χ1n) is 5.73. The van der Waals surface area contributed by atoms with Crippen molar-refractivity contribution in [3.8, 4) is 0 Å². The lowest BCUT2D eigenvalue weighted by Gasteiger charge is -2.21. The van der Waals surface area contributed by atoms with Gasteiger partial charge in [0.15, 0.2) is 0 Å². The molecule has 0 radical (unpaired) electrons. The third-order valence-corrected chi connectivity index (χ3v) is 2.61. The molecule has 1 aromatic rings. The van der Waals surface area contributed by atoms with Gasteiger partial charge in [0.25, 0.3) is 0 Å². The van der Waals surface area contributed by atoms with Gasteiger partial charge in [0.05, 0.1) is 12.0 Å². The first-order chi connectivity index (χ1) is 9.02. The predicted octanol–water partition coefficient (Wildman–Crippen LogP) is 2.23. The molecule has 0 aromatic heterocycles. The number of rotatable bonds is 4. The predicted molar refractivity (Wildman–Crippen MR) is 65.0 cm³/mol. The summed E-state index contributed by atoms with van der Waals surface area (Å²) in [5, 5.41) is 11.1. The molecule has 4 nitrogen and oxygen atoms in total. The quantitative estimate of drug-likeness (QED) is 0.893. The fraction of sp³-hybridized carbons (Fsp3) is 0.385. The minimum absolute atomic E-state index is 0.165. The van der Waals surface area contributed by atoms with Crippen LogP contribution in [0.4, 0.5) is 13.2 Å². The van der Waals surface area contributed by atoms with E-state index in [1.807, 2.05) is 0 Å². The van der Waals surface area contributed by atoms with Gasteiger partial charge in [-0.3, -0.25) is 4.79 Å². The first-order valence-corrected chi connectivity index (χ1v) is 5.73. The number of hydrogen-bond donors (Lipinski definition) is 2. The second-order valence-electron chi connectivity index (χ2n) is 4.85. The molecule has 1 aromatic carbocycles. The molecule has 0 saturated heterocycles. The van der Waals surface area contributed by atoms with Crippen molar-refractivity contribution in [2.24, 2.45) is 0 Å². The Morgan fingerprint density at radius 1 is 1.25 bits per heavy atom. The topological polar surface area (TPSA) is 66.4 Å². The number of carboxylic acids is 1. The number of carbonyl (C=O) groups is 2. The highest BCUT2D eigenvalue weighted by molar-refractivity contribution is 5.87. The zero-order chi connectivity index (χ0) is 15.6. The molecule has 20 heavy (non-hydrogen) atoms. The number of halogens is 3. The molecule has 0 unspecified atom stereocenters. The second-order valence-corrected chi connectivity index (χ2v) is 4.85. The van der Waals surface area contributed by atoms with Gasteiger partial charge in [0.1, 0.15) is 5.54 Å². The molecule has 1 amide bonds. The molecule has 0 aliphatic carbocycles. The fourth-order valence-electron chi connectivity index (χ4n) is 1.49. The normalized spacial score (nSPS) is 12.1. The Bertz CT molecular complexity index is 524. The summed E-state index contributed by atoms with van der Waals surface area (Å²) in [6.07, 6.45) is -4.80. The summed E-state index contributed by atoms with van der Waals surface area (Å²) in [5.41, 5.74) is -2.16. The third-order valence-electron chi connectivity index (χ3n) is 2.61. The fourth-order valence-corrected chi connectivity index (χ4v) is 1.49. The Balaban J connectivity index is 2.80. The smallest absolute Gasteiger partial charge is 0.416 e. The monoisotopic (exact) mass is 289 g/mol. The van der Waals surface area contributed by atoms with Gasteiger partial charge < -0.3 is 10.4 Å². The average molecular weight is 289 g/mol. The van der Waals surface area contributed by atoms with E-state index >= 15 is 0 Å². The summed E-state index contributed by atoms with van der Waals surface area (Å²) in [4.78, 5) is 22.5. The van der Waals surface area contributed by atoms with E-state index in [0.717, 1.165) is 12.1 Å². The van der Waals surface area contributed by atoms with Gasteiger partial charge in [-0.25, -0.2) is 4.79 Å². The van der Waals surface area contributed by atoms with E-state index in [0.29, 0.717) is 0 Å². The van der Waals surface area contributed by atoms with Gasteiger partial charge in [-0.15, -0.1) is 0 Å². The van der Waals surface area contributed by atoms with Crippen LogP contribution >= 0.6 is 0 Å². The Kier molecular flexibility index (Phi) is 4.42. The largest absolute Gasteiger partial charge is 0.480 e. The molecule has 0 atom stereocenters. The molecule has 1 rings (SSSR count). The van der Waals surface area contributed by atoms with E-state index in [9.17, 15) is 22.8 Å². The van der Waals surface area contributed by atoms with Crippen LogP contribution in [0.15, 0.2) is 24.3 Å². The van der Waals surface area contributed by atoms with Crippen LogP contribution in [0.25, 0.3) is 0 Å². The van der Waals surface area contributed by atoms with Crippen LogP contribution in [0.3, 0.4) is 0 Å². The van der Waals surface area contributed by atoms with Crippen LogP contribution < -0.4 is 5.32 Å². The number of alkyl halides is 3. The van der Waals surface area contributed by atoms with Crippen molar-refractivity contribution in [3.63, 3.8) is 0 Å². The summed E-state index contributed by atoms with van der Waals surface area (Å²) in [7, 11) is 0. The molecule has 0 bridgehead atoms. The van der Waals surface area contributed by atoms with Crippen LogP contribution in [0.5, 0.6) is 0 Å². The number of benzene rings is 1. The number of hydrogen-bond acceptors (Lipinski definition) is 2. The molecular formula is C13H14F3NO3. The van der Waals surface area contributed by atoms with E-state index in [1.54, 1.807) is 0 Å². The minimum Gasteiger partial charge on any atom is -0.480 e. The van der Waals surface area contributed by atoms with E-state index in [2.05, 4.69) is 5.32 Å². The molecule has 2 N–H and O–H groups in total. The second kappa shape index (κ2) is 5.52. The van der Waals surface area contributed by atoms with E-state index in [1.165, 1.54) is 26.0 Å². The molecular weight excluding hydrogens is 275 g/mol. The van der Waals surface area contributed by atoms with E-state index in [4.69, 9.17) is 5.11 Å². The van der Waals surface area contributed by atoms with Gasteiger partial charge >= 0.3 is 12.1 Å². The number of amides is 1. The highest BCUT2D eigenvalue weighted by Gasteiger charge is 2.31. The van der Waals surface area contributed by atoms with Crippen LogP contribution in [-0.4, -0.2) is 22.5 Å². The van der Waals surface area contributed by atoms with Crippen molar-refractivity contribution in [2.45, 2.75) is 32.0 Å². The number of nitrogens with one attached hydrogen (secondary N) is 1. The standard InChI is InChI=1S/C13H14F3NO3/c1-12(2,11(19)20)17-10(18)7-8-4-3-5-9(6-8)13(14,15)16/h3-6H,7H2,1-2H3,(H,17,18)(H,19,20). The highest BCUT2D eigenvalue weighted by atomic mass is 19.4. The molecule has 110 valence electrons. The summed E-state index contributed by atoms with van der Waals surface area (Å²) < 4.78 is 37.5.